The number of benzene rings is 3. The molecule has 9 heteroatoms. The summed E-state index contributed by atoms with van der Waals surface area (Å²) in [5.41, 5.74) is 1.35. The van der Waals surface area contributed by atoms with E-state index < -0.39 is 17.3 Å². The second kappa shape index (κ2) is 11.7. The van der Waals surface area contributed by atoms with Crippen molar-refractivity contribution in [3.8, 4) is 5.75 Å². The largest absolute Gasteiger partial charge is 0.496 e. The number of carboxylic acids is 1. The highest BCUT2D eigenvalue weighted by Gasteiger charge is 2.49. The normalized spacial score (nSPS) is 20.9. The number of amides is 2. The number of ether oxygens (including phenoxy) is 1. The number of fused-ring (bicyclic) bond motifs is 1. The van der Waals surface area contributed by atoms with E-state index in [1.807, 2.05) is 53.4 Å². The van der Waals surface area contributed by atoms with Crippen molar-refractivity contribution in [2.75, 3.05) is 20.2 Å². The maximum Gasteiger partial charge on any atom is 0.318 e. The molecule has 0 aromatic heterocycles. The molecule has 5 rings (SSSR count). The molecule has 1 heterocycles. The summed E-state index contributed by atoms with van der Waals surface area (Å²) in [6, 6.07) is 20.1. The third kappa shape index (κ3) is 5.29. The van der Waals surface area contributed by atoms with E-state index in [9.17, 15) is 19.5 Å². The fraction of sp³-hybridized carbons (Fsp3) is 0.323. The molecule has 2 amide bonds. The van der Waals surface area contributed by atoms with Crippen molar-refractivity contribution in [1.29, 1.82) is 0 Å². The number of hydrogen-bond acceptors (Lipinski definition) is 4. The number of para-hydroxylation sites is 1. The number of piperidine rings is 1. The van der Waals surface area contributed by atoms with E-state index in [-0.39, 0.29) is 17.9 Å². The lowest BCUT2D eigenvalue weighted by molar-refractivity contribution is -0.144. The molecule has 1 saturated heterocycles. The van der Waals surface area contributed by atoms with E-state index in [2.05, 4.69) is 37.2 Å². The molecule has 0 bridgehead atoms. The molecular weight excluding hydrogens is 640 g/mol. The quantitative estimate of drug-likeness (QED) is 0.341. The molecule has 0 unspecified atom stereocenters. The lowest BCUT2D eigenvalue weighted by Gasteiger charge is -2.41. The minimum atomic E-state index is -1.24. The number of carbonyl (C=O) groups excluding carboxylic acids is 2. The van der Waals surface area contributed by atoms with Crippen LogP contribution in [-0.2, 0) is 15.0 Å². The highest BCUT2D eigenvalue weighted by Crippen LogP contribution is 2.49. The summed E-state index contributed by atoms with van der Waals surface area (Å²) in [4.78, 5) is 41.5. The van der Waals surface area contributed by atoms with Gasteiger partial charge >= 0.3 is 5.97 Å². The molecule has 208 valence electrons. The number of aliphatic carboxylic acids is 1. The van der Waals surface area contributed by atoms with E-state index in [1.165, 1.54) is 7.11 Å². The minimum absolute atomic E-state index is 0.00729. The molecule has 7 nitrogen and oxygen atoms in total. The zero-order valence-corrected chi connectivity index (χ0v) is 25.2. The maximum atomic E-state index is 13.9. The van der Waals surface area contributed by atoms with Gasteiger partial charge in [-0.15, -0.1) is 0 Å². The summed E-state index contributed by atoms with van der Waals surface area (Å²) in [5, 5.41) is 13.7. The third-order valence-corrected chi connectivity index (χ3v) is 9.17. The maximum absolute atomic E-state index is 13.9. The van der Waals surface area contributed by atoms with E-state index in [1.54, 1.807) is 18.2 Å². The Labute approximate surface area is 250 Å². The molecule has 2 atom stereocenters. The number of likely N-dealkylation sites (tertiary alicyclic amines) is 1. The zero-order valence-electron chi connectivity index (χ0n) is 22.0. The Morgan fingerprint density at radius 2 is 1.62 bits per heavy atom. The van der Waals surface area contributed by atoms with Crippen LogP contribution in [0.1, 0.15) is 58.6 Å². The molecule has 1 aliphatic carbocycles. The molecule has 2 aliphatic rings. The molecule has 1 fully saturated rings. The molecule has 40 heavy (non-hydrogen) atoms. The summed E-state index contributed by atoms with van der Waals surface area (Å²) in [5.74, 6) is -1.01. The first-order chi connectivity index (χ1) is 19.2. The Morgan fingerprint density at radius 1 is 0.950 bits per heavy atom. The summed E-state index contributed by atoms with van der Waals surface area (Å²) in [6.45, 7) is 1.05. The van der Waals surface area contributed by atoms with Crippen molar-refractivity contribution >= 4 is 49.6 Å². The van der Waals surface area contributed by atoms with Crippen molar-refractivity contribution in [3.63, 3.8) is 0 Å². The van der Waals surface area contributed by atoms with E-state index in [0.717, 1.165) is 14.5 Å². The Kier molecular flexibility index (Phi) is 8.33. The van der Waals surface area contributed by atoms with E-state index >= 15 is 0 Å². The first-order valence-electron chi connectivity index (χ1n) is 13.3. The van der Waals surface area contributed by atoms with Gasteiger partial charge in [-0.05, 0) is 78.8 Å². The van der Waals surface area contributed by atoms with Gasteiger partial charge in [0.2, 0.25) is 5.91 Å². The number of methoxy groups -OCH3 is 1. The third-order valence-electron chi connectivity index (χ3n) is 8.15. The van der Waals surface area contributed by atoms with Crippen molar-refractivity contribution in [2.45, 2.75) is 43.1 Å². The predicted octanol–water partition coefficient (Wildman–Crippen LogP) is 5.89. The Morgan fingerprint density at radius 3 is 2.30 bits per heavy atom. The van der Waals surface area contributed by atoms with Crippen molar-refractivity contribution in [1.82, 2.24) is 10.2 Å². The first kappa shape index (κ1) is 28.4. The van der Waals surface area contributed by atoms with Crippen LogP contribution in [0.3, 0.4) is 0 Å². The van der Waals surface area contributed by atoms with Crippen LogP contribution in [0, 0.1) is 0 Å². The van der Waals surface area contributed by atoms with Crippen LogP contribution in [0.25, 0.3) is 0 Å². The number of nitrogens with one attached hydrogen (secondary N) is 1. The predicted molar refractivity (Wildman–Crippen MR) is 159 cm³/mol. The van der Waals surface area contributed by atoms with Gasteiger partial charge in [-0.3, -0.25) is 14.4 Å². The van der Waals surface area contributed by atoms with Gasteiger partial charge in [0.25, 0.3) is 5.91 Å². The fourth-order valence-electron chi connectivity index (χ4n) is 6.05. The first-order valence-corrected chi connectivity index (χ1v) is 14.8. The lowest BCUT2D eigenvalue weighted by Crippen LogP contribution is -2.49. The summed E-state index contributed by atoms with van der Waals surface area (Å²) < 4.78 is 6.96. The summed E-state index contributed by atoms with van der Waals surface area (Å²) >= 11 is 6.96. The minimum Gasteiger partial charge on any atom is -0.496 e. The molecular formula is C31H30Br2N2O5. The number of nitrogens with zero attached hydrogens (tertiary/aromatic N) is 1. The Bertz CT molecular complexity index is 1440. The number of rotatable bonds is 6. The Hall–Kier alpha value is -3.17. The van der Waals surface area contributed by atoms with Crippen LogP contribution < -0.4 is 10.1 Å². The van der Waals surface area contributed by atoms with Gasteiger partial charge in [-0.2, -0.15) is 0 Å². The van der Waals surface area contributed by atoms with Gasteiger partial charge in [0.1, 0.15) is 11.2 Å². The van der Waals surface area contributed by atoms with Crippen molar-refractivity contribution in [2.24, 2.45) is 0 Å². The second-order valence-corrected chi connectivity index (χ2v) is 12.1. The van der Waals surface area contributed by atoms with Gasteiger partial charge in [0, 0.05) is 28.1 Å². The monoisotopic (exact) mass is 668 g/mol. The molecule has 0 radical (unpaired) electrons. The van der Waals surface area contributed by atoms with Crippen LogP contribution in [0.5, 0.6) is 5.75 Å². The SMILES string of the molecule is COc1ccccc1C(=O)NC1CCN(C(=O)[C@H]2CC[C@](C(=O)O)(c3ccc(Br)cc3)c3cc(Br)ccc32)CC1. The molecule has 2 N–H and O–H groups in total. The van der Waals surface area contributed by atoms with E-state index in [4.69, 9.17) is 4.74 Å². The highest BCUT2D eigenvalue weighted by molar-refractivity contribution is 9.10. The Balaban J connectivity index is 1.34. The van der Waals surface area contributed by atoms with Gasteiger partial charge in [-0.25, -0.2) is 0 Å². The number of carbonyl (C=O) groups is 3. The van der Waals surface area contributed by atoms with Crippen LogP contribution in [-0.4, -0.2) is 54.0 Å². The standard InChI is InChI=1S/C31H30Br2N2O5/c1-40-27-5-3-2-4-25(27)28(36)34-22-13-16-35(17-14-22)29(37)24-12-15-31(30(38)39,19-6-8-20(32)9-7-19)26-18-21(33)10-11-23(24)26/h2-11,18,22,24H,12-17H2,1H3,(H,34,36)(H,38,39)/t24-,31-/m0/s1. The average Bonchev–Trinajstić information content (AvgIpc) is 2.97. The smallest absolute Gasteiger partial charge is 0.318 e. The van der Waals surface area contributed by atoms with Crippen LogP contribution in [0.2, 0.25) is 0 Å². The topological polar surface area (TPSA) is 95.9 Å². The van der Waals surface area contributed by atoms with Gasteiger partial charge in [-0.1, -0.05) is 62.2 Å². The second-order valence-electron chi connectivity index (χ2n) is 10.3. The summed E-state index contributed by atoms with van der Waals surface area (Å²) in [7, 11) is 1.54. The molecule has 0 saturated carbocycles. The molecule has 0 spiro atoms. The van der Waals surface area contributed by atoms with Gasteiger partial charge in [0.05, 0.1) is 18.6 Å². The number of halogens is 2. The average molecular weight is 670 g/mol. The molecule has 3 aromatic rings. The summed E-state index contributed by atoms with van der Waals surface area (Å²) in [6.07, 6.45) is 2.03. The molecule has 1 aliphatic heterocycles. The van der Waals surface area contributed by atoms with Crippen LogP contribution >= 0.6 is 31.9 Å². The van der Waals surface area contributed by atoms with Gasteiger partial charge < -0.3 is 20.1 Å². The fourth-order valence-corrected chi connectivity index (χ4v) is 6.67. The zero-order chi connectivity index (χ0) is 28.4. The number of carboxylic acid groups (broad SMARTS) is 1. The highest BCUT2D eigenvalue weighted by atomic mass is 79.9. The lowest BCUT2D eigenvalue weighted by atomic mass is 9.63. The molecule has 3 aromatic carbocycles. The van der Waals surface area contributed by atoms with Crippen LogP contribution in [0.4, 0.5) is 0 Å². The van der Waals surface area contributed by atoms with Crippen LogP contribution in [0.15, 0.2) is 75.7 Å². The van der Waals surface area contributed by atoms with Crippen molar-refractivity contribution < 1.29 is 24.2 Å². The van der Waals surface area contributed by atoms with E-state index in [0.29, 0.717) is 61.2 Å². The number of hydrogen-bond donors (Lipinski definition) is 2. The van der Waals surface area contributed by atoms with Gasteiger partial charge in [0.15, 0.2) is 0 Å². The van der Waals surface area contributed by atoms with Crippen molar-refractivity contribution in [3.05, 3.63) is 97.9 Å².